The Morgan fingerprint density at radius 1 is 1.12 bits per heavy atom. The van der Waals surface area contributed by atoms with E-state index < -0.39 is 0 Å². The van der Waals surface area contributed by atoms with E-state index in [1.165, 1.54) is 39.2 Å². The van der Waals surface area contributed by atoms with Crippen molar-refractivity contribution in [2.24, 2.45) is 0 Å². The van der Waals surface area contributed by atoms with Crippen LogP contribution in [0.25, 0.3) is 17.5 Å². The number of methoxy groups -OCH3 is 3. The van der Waals surface area contributed by atoms with Gasteiger partial charge in [-0.05, 0) is 35.9 Å². The lowest BCUT2D eigenvalue weighted by molar-refractivity contribution is -0.111. The molecule has 1 N–H and O–H groups in total. The first-order chi connectivity index (χ1) is 15.6. The summed E-state index contributed by atoms with van der Waals surface area (Å²) in [6.07, 6.45) is 4.82. The Morgan fingerprint density at radius 3 is 2.50 bits per heavy atom. The Bertz CT molecular complexity index is 1100. The van der Waals surface area contributed by atoms with Crippen molar-refractivity contribution in [1.29, 1.82) is 0 Å². The van der Waals surface area contributed by atoms with Gasteiger partial charge in [0.15, 0.2) is 11.5 Å². The number of nitrogens with one attached hydrogen (secondary N) is 1. The van der Waals surface area contributed by atoms with Crippen molar-refractivity contribution in [2.45, 2.75) is 5.22 Å². The van der Waals surface area contributed by atoms with E-state index in [0.29, 0.717) is 50.9 Å². The molecule has 3 aromatic rings. The van der Waals surface area contributed by atoms with Crippen molar-refractivity contribution in [3.05, 3.63) is 60.7 Å². The number of rotatable bonds is 10. The lowest BCUT2D eigenvalue weighted by Gasteiger charge is -2.12. The first kappa shape index (κ1) is 23.0. The highest BCUT2D eigenvalue weighted by atomic mass is 32.2. The second-order valence-electron chi connectivity index (χ2n) is 6.30. The Morgan fingerprint density at radius 2 is 1.84 bits per heavy atom. The van der Waals surface area contributed by atoms with Crippen LogP contribution in [-0.2, 0) is 4.79 Å². The SMILES string of the molecule is C=CCSc1nnc(-c2ccccc2NC(=O)/C=C/c2cc(OC)c(OC)c(OC)c2)o1. The van der Waals surface area contributed by atoms with Crippen LogP contribution in [0.3, 0.4) is 0 Å². The average Bonchev–Trinajstić information content (AvgIpc) is 3.29. The van der Waals surface area contributed by atoms with Crippen LogP contribution in [0.4, 0.5) is 5.69 Å². The van der Waals surface area contributed by atoms with E-state index in [2.05, 4.69) is 22.1 Å². The molecule has 0 spiro atoms. The number of anilines is 1. The van der Waals surface area contributed by atoms with Crippen molar-refractivity contribution < 1.29 is 23.4 Å². The maximum Gasteiger partial charge on any atom is 0.277 e. The van der Waals surface area contributed by atoms with Gasteiger partial charge >= 0.3 is 0 Å². The van der Waals surface area contributed by atoms with Crippen LogP contribution in [0, 0.1) is 0 Å². The lowest BCUT2D eigenvalue weighted by Crippen LogP contribution is -2.08. The highest BCUT2D eigenvalue weighted by Crippen LogP contribution is 2.38. The second kappa shape index (κ2) is 11.1. The highest BCUT2D eigenvalue weighted by Gasteiger charge is 2.15. The van der Waals surface area contributed by atoms with Gasteiger partial charge in [-0.3, -0.25) is 4.79 Å². The van der Waals surface area contributed by atoms with Gasteiger partial charge in [0, 0.05) is 11.8 Å². The summed E-state index contributed by atoms with van der Waals surface area (Å²) in [6, 6.07) is 10.7. The van der Waals surface area contributed by atoms with Gasteiger partial charge in [0.05, 0.1) is 32.6 Å². The number of ether oxygens (including phenoxy) is 3. The summed E-state index contributed by atoms with van der Waals surface area (Å²) >= 11 is 1.38. The Hall–Kier alpha value is -3.72. The molecule has 0 unspecified atom stereocenters. The van der Waals surface area contributed by atoms with Gasteiger partial charge in [0.1, 0.15) is 0 Å². The predicted molar refractivity (Wildman–Crippen MR) is 124 cm³/mol. The molecular weight excluding hydrogens is 430 g/mol. The smallest absolute Gasteiger partial charge is 0.277 e. The summed E-state index contributed by atoms with van der Waals surface area (Å²) < 4.78 is 21.7. The van der Waals surface area contributed by atoms with Crippen molar-refractivity contribution in [3.63, 3.8) is 0 Å². The minimum Gasteiger partial charge on any atom is -0.493 e. The molecule has 0 aliphatic rings. The maximum absolute atomic E-state index is 12.6. The van der Waals surface area contributed by atoms with E-state index >= 15 is 0 Å². The number of para-hydroxylation sites is 1. The van der Waals surface area contributed by atoms with Crippen molar-refractivity contribution >= 4 is 29.4 Å². The van der Waals surface area contributed by atoms with Crippen LogP contribution in [0.2, 0.25) is 0 Å². The molecule has 0 radical (unpaired) electrons. The Kier molecular flexibility index (Phi) is 7.93. The number of benzene rings is 2. The fraction of sp³-hybridized carbons (Fsp3) is 0.174. The summed E-state index contributed by atoms with van der Waals surface area (Å²) in [4.78, 5) is 12.6. The van der Waals surface area contributed by atoms with Crippen LogP contribution in [0.15, 0.2) is 64.8 Å². The number of nitrogens with zero attached hydrogens (tertiary/aromatic N) is 2. The third kappa shape index (κ3) is 5.50. The standard InChI is InChI=1S/C23H23N3O5S/c1-5-12-32-23-26-25-22(31-23)16-8-6-7-9-17(16)24-20(27)11-10-15-13-18(28-2)21(30-4)19(14-15)29-3/h5-11,13-14H,1,12H2,2-4H3,(H,24,27)/b11-10+. The van der Waals surface area contributed by atoms with Gasteiger partial charge in [-0.2, -0.15) is 0 Å². The number of amides is 1. The summed E-state index contributed by atoms with van der Waals surface area (Å²) in [5.41, 5.74) is 1.89. The van der Waals surface area contributed by atoms with Gasteiger partial charge in [-0.25, -0.2) is 0 Å². The zero-order chi connectivity index (χ0) is 22.9. The zero-order valence-electron chi connectivity index (χ0n) is 18.0. The van der Waals surface area contributed by atoms with E-state index in [1.54, 1.807) is 36.4 Å². The fourth-order valence-electron chi connectivity index (χ4n) is 2.83. The van der Waals surface area contributed by atoms with Gasteiger partial charge in [-0.1, -0.05) is 30.0 Å². The summed E-state index contributed by atoms with van der Waals surface area (Å²) in [7, 11) is 4.60. The zero-order valence-corrected chi connectivity index (χ0v) is 18.8. The average molecular weight is 454 g/mol. The Balaban J connectivity index is 1.78. The largest absolute Gasteiger partial charge is 0.493 e. The summed E-state index contributed by atoms with van der Waals surface area (Å²) in [6.45, 7) is 3.67. The van der Waals surface area contributed by atoms with Gasteiger partial charge in [0.25, 0.3) is 11.1 Å². The van der Waals surface area contributed by atoms with E-state index in [4.69, 9.17) is 18.6 Å². The minimum atomic E-state index is -0.327. The molecular formula is C23H23N3O5S. The third-order valence-corrected chi connectivity index (χ3v) is 5.07. The molecule has 3 rings (SSSR count). The molecule has 0 aliphatic carbocycles. The second-order valence-corrected chi connectivity index (χ2v) is 7.27. The predicted octanol–water partition coefficient (Wildman–Crippen LogP) is 4.69. The molecule has 0 bridgehead atoms. The molecule has 1 aromatic heterocycles. The van der Waals surface area contributed by atoms with Crippen LogP contribution < -0.4 is 19.5 Å². The molecule has 0 aliphatic heterocycles. The number of aromatic nitrogens is 2. The quantitative estimate of drug-likeness (QED) is 0.268. The molecule has 32 heavy (non-hydrogen) atoms. The monoisotopic (exact) mass is 453 g/mol. The van der Waals surface area contributed by atoms with Crippen molar-refractivity contribution in [3.8, 4) is 28.7 Å². The molecule has 9 heteroatoms. The molecule has 0 fully saturated rings. The molecule has 1 amide bonds. The minimum absolute atomic E-state index is 0.320. The van der Waals surface area contributed by atoms with E-state index in [1.807, 2.05) is 12.1 Å². The van der Waals surface area contributed by atoms with Crippen LogP contribution >= 0.6 is 11.8 Å². The Labute approximate surface area is 190 Å². The van der Waals surface area contributed by atoms with Gasteiger partial charge in [-0.15, -0.1) is 16.8 Å². The lowest BCUT2D eigenvalue weighted by atomic mass is 10.1. The van der Waals surface area contributed by atoms with Crippen molar-refractivity contribution in [1.82, 2.24) is 10.2 Å². The first-order valence-electron chi connectivity index (χ1n) is 9.55. The molecule has 1 heterocycles. The number of hydrogen-bond acceptors (Lipinski definition) is 8. The topological polar surface area (TPSA) is 95.7 Å². The summed E-state index contributed by atoms with van der Waals surface area (Å²) in [5, 5.41) is 11.4. The normalized spacial score (nSPS) is 10.7. The number of hydrogen-bond donors (Lipinski definition) is 1. The molecule has 0 atom stereocenters. The third-order valence-electron chi connectivity index (χ3n) is 4.26. The van der Waals surface area contributed by atoms with Crippen LogP contribution in [0.1, 0.15) is 5.56 Å². The molecule has 0 saturated carbocycles. The van der Waals surface area contributed by atoms with Crippen molar-refractivity contribution in [2.75, 3.05) is 32.4 Å². The number of carbonyl (C=O) groups is 1. The van der Waals surface area contributed by atoms with E-state index in [0.717, 1.165) is 0 Å². The molecule has 166 valence electrons. The van der Waals surface area contributed by atoms with Gasteiger partial charge < -0.3 is 23.9 Å². The summed E-state index contributed by atoms with van der Waals surface area (Å²) in [5.74, 6) is 2.13. The molecule has 0 saturated heterocycles. The van der Waals surface area contributed by atoms with E-state index in [-0.39, 0.29) is 5.91 Å². The highest BCUT2D eigenvalue weighted by molar-refractivity contribution is 7.99. The molecule has 2 aromatic carbocycles. The first-order valence-corrected chi connectivity index (χ1v) is 10.5. The number of thioether (sulfide) groups is 1. The fourth-order valence-corrected chi connectivity index (χ4v) is 3.33. The number of carbonyl (C=O) groups excluding carboxylic acids is 1. The van der Waals surface area contributed by atoms with Crippen LogP contribution in [-0.4, -0.2) is 43.2 Å². The van der Waals surface area contributed by atoms with E-state index in [9.17, 15) is 4.79 Å². The van der Waals surface area contributed by atoms with Gasteiger partial charge in [0.2, 0.25) is 11.7 Å². The molecule has 8 nitrogen and oxygen atoms in total. The van der Waals surface area contributed by atoms with Crippen LogP contribution in [0.5, 0.6) is 17.2 Å². The maximum atomic E-state index is 12.6.